The number of hydrogen-bond donors (Lipinski definition) is 1. The number of halogens is 1. The Hall–Kier alpha value is -3.46. The SMILES string of the molecule is CCN(Cc1nc2ccccc2c(=O)[nH]1)C(=O)c1cnc(SC)n1-c1ccc(F)cc1. The van der Waals surface area contributed by atoms with Crippen molar-refractivity contribution in [2.45, 2.75) is 18.6 Å². The molecule has 1 amide bonds. The van der Waals surface area contributed by atoms with Gasteiger partial charge in [-0.05, 0) is 49.6 Å². The number of rotatable bonds is 6. The zero-order chi connectivity index (χ0) is 22.0. The highest BCUT2D eigenvalue weighted by Crippen LogP contribution is 2.23. The molecule has 2 aromatic carbocycles. The molecule has 0 atom stereocenters. The van der Waals surface area contributed by atoms with Crippen LogP contribution in [-0.4, -0.2) is 43.1 Å². The van der Waals surface area contributed by atoms with Gasteiger partial charge in [0.1, 0.15) is 17.3 Å². The molecule has 0 aliphatic rings. The van der Waals surface area contributed by atoms with Gasteiger partial charge >= 0.3 is 0 Å². The van der Waals surface area contributed by atoms with Crippen LogP contribution >= 0.6 is 11.8 Å². The lowest BCUT2D eigenvalue weighted by Gasteiger charge is -2.21. The average molecular weight is 438 g/mol. The molecule has 4 aromatic rings. The van der Waals surface area contributed by atoms with Gasteiger partial charge in [-0.1, -0.05) is 23.9 Å². The Kier molecular flexibility index (Phi) is 5.85. The maximum absolute atomic E-state index is 13.4. The van der Waals surface area contributed by atoms with Crippen molar-refractivity contribution in [1.82, 2.24) is 24.4 Å². The minimum absolute atomic E-state index is 0.138. The molecule has 9 heteroatoms. The Balaban J connectivity index is 1.69. The van der Waals surface area contributed by atoms with E-state index in [1.807, 2.05) is 19.2 Å². The highest BCUT2D eigenvalue weighted by molar-refractivity contribution is 7.98. The van der Waals surface area contributed by atoms with Gasteiger partial charge in [0.25, 0.3) is 11.5 Å². The van der Waals surface area contributed by atoms with E-state index >= 15 is 0 Å². The van der Waals surface area contributed by atoms with Crippen LogP contribution in [0, 0.1) is 5.82 Å². The first kappa shape index (κ1) is 20.8. The Morgan fingerprint density at radius 2 is 1.94 bits per heavy atom. The van der Waals surface area contributed by atoms with Crippen molar-refractivity contribution >= 4 is 28.6 Å². The maximum Gasteiger partial charge on any atom is 0.272 e. The number of para-hydroxylation sites is 1. The van der Waals surface area contributed by atoms with Crippen molar-refractivity contribution in [3.63, 3.8) is 0 Å². The van der Waals surface area contributed by atoms with Crippen LogP contribution in [0.4, 0.5) is 4.39 Å². The summed E-state index contributed by atoms with van der Waals surface area (Å²) in [5.41, 5.74) is 1.32. The summed E-state index contributed by atoms with van der Waals surface area (Å²) in [4.78, 5) is 38.9. The molecule has 158 valence electrons. The van der Waals surface area contributed by atoms with Crippen molar-refractivity contribution in [2.24, 2.45) is 0 Å². The first-order valence-electron chi connectivity index (χ1n) is 9.66. The summed E-state index contributed by atoms with van der Waals surface area (Å²) in [6.45, 7) is 2.39. The molecular formula is C22H20FN5O2S. The summed E-state index contributed by atoms with van der Waals surface area (Å²) in [5.74, 6) is -0.226. The van der Waals surface area contributed by atoms with Crippen molar-refractivity contribution in [2.75, 3.05) is 12.8 Å². The molecule has 0 radical (unpaired) electrons. The number of thioether (sulfide) groups is 1. The Morgan fingerprint density at radius 3 is 2.65 bits per heavy atom. The van der Waals surface area contributed by atoms with Crippen molar-refractivity contribution in [3.8, 4) is 5.69 Å². The van der Waals surface area contributed by atoms with Crippen LogP contribution in [0.25, 0.3) is 16.6 Å². The van der Waals surface area contributed by atoms with Crippen molar-refractivity contribution < 1.29 is 9.18 Å². The quantitative estimate of drug-likeness (QED) is 0.466. The number of benzene rings is 2. The molecule has 2 heterocycles. The summed E-state index contributed by atoms with van der Waals surface area (Å²) in [6, 6.07) is 13.0. The standard InChI is InChI=1S/C22H20FN5O2S/c1-3-27(13-19-25-17-7-5-4-6-16(17)20(29)26-19)21(30)18-12-24-22(31-2)28(18)15-10-8-14(23)9-11-15/h4-12H,3,13H2,1-2H3,(H,25,26,29). The van der Waals surface area contributed by atoms with E-state index in [1.165, 1.54) is 30.1 Å². The van der Waals surface area contributed by atoms with E-state index < -0.39 is 0 Å². The zero-order valence-electron chi connectivity index (χ0n) is 17.0. The van der Waals surface area contributed by atoms with Gasteiger partial charge in [-0.3, -0.25) is 14.2 Å². The molecular weight excluding hydrogens is 417 g/mol. The van der Waals surface area contributed by atoms with Crippen LogP contribution in [0.1, 0.15) is 23.2 Å². The number of aromatic nitrogens is 4. The largest absolute Gasteiger partial charge is 0.330 e. The number of imidazole rings is 1. The molecule has 0 bridgehead atoms. The number of H-pyrrole nitrogens is 1. The molecule has 0 aliphatic heterocycles. The lowest BCUT2D eigenvalue weighted by Crippen LogP contribution is -2.33. The summed E-state index contributed by atoms with van der Waals surface area (Å²) in [5, 5.41) is 1.11. The van der Waals surface area contributed by atoms with Gasteiger partial charge in [0.15, 0.2) is 5.16 Å². The highest BCUT2D eigenvalue weighted by atomic mass is 32.2. The number of aromatic amines is 1. The van der Waals surface area contributed by atoms with Gasteiger partial charge in [0.2, 0.25) is 0 Å². The molecule has 0 aliphatic carbocycles. The zero-order valence-corrected chi connectivity index (χ0v) is 17.8. The number of fused-ring (bicyclic) bond motifs is 1. The number of amides is 1. The fourth-order valence-electron chi connectivity index (χ4n) is 3.35. The van der Waals surface area contributed by atoms with Gasteiger partial charge in [0, 0.05) is 12.2 Å². The Bertz CT molecular complexity index is 1300. The molecule has 4 rings (SSSR count). The van der Waals surface area contributed by atoms with E-state index in [9.17, 15) is 14.0 Å². The van der Waals surface area contributed by atoms with Crippen LogP contribution < -0.4 is 5.56 Å². The van der Waals surface area contributed by atoms with E-state index in [1.54, 1.807) is 39.8 Å². The van der Waals surface area contributed by atoms with Crippen LogP contribution in [0.2, 0.25) is 0 Å². The number of nitrogens with zero attached hydrogens (tertiary/aromatic N) is 4. The summed E-state index contributed by atoms with van der Waals surface area (Å²) < 4.78 is 15.1. The van der Waals surface area contributed by atoms with Crippen molar-refractivity contribution in [3.05, 3.63) is 82.4 Å². The van der Waals surface area contributed by atoms with Gasteiger partial charge in [-0.15, -0.1) is 0 Å². The molecule has 0 unspecified atom stereocenters. The number of nitrogens with one attached hydrogen (secondary N) is 1. The van der Waals surface area contributed by atoms with Gasteiger partial charge in [-0.2, -0.15) is 0 Å². The second kappa shape index (κ2) is 8.73. The van der Waals surface area contributed by atoms with E-state index in [4.69, 9.17) is 0 Å². The lowest BCUT2D eigenvalue weighted by atomic mass is 10.2. The number of hydrogen-bond acceptors (Lipinski definition) is 5. The fraction of sp³-hybridized carbons (Fsp3) is 0.182. The molecule has 1 N–H and O–H groups in total. The normalized spacial score (nSPS) is 11.1. The van der Waals surface area contributed by atoms with E-state index in [0.717, 1.165) is 0 Å². The molecule has 31 heavy (non-hydrogen) atoms. The topological polar surface area (TPSA) is 83.9 Å². The third-order valence-corrected chi connectivity index (χ3v) is 5.54. The predicted octanol–water partition coefficient (Wildman–Crippen LogP) is 3.63. The second-order valence-electron chi connectivity index (χ2n) is 6.79. The molecule has 2 aromatic heterocycles. The van der Waals surface area contributed by atoms with Crippen LogP contribution in [0.5, 0.6) is 0 Å². The maximum atomic E-state index is 13.4. The molecule has 0 saturated heterocycles. The lowest BCUT2D eigenvalue weighted by molar-refractivity contribution is 0.0739. The average Bonchev–Trinajstić information content (AvgIpc) is 3.21. The minimum atomic E-state index is -0.357. The van der Waals surface area contributed by atoms with E-state index in [-0.39, 0.29) is 23.8 Å². The summed E-state index contributed by atoms with van der Waals surface area (Å²) >= 11 is 1.39. The van der Waals surface area contributed by atoms with Gasteiger partial charge in [0.05, 0.1) is 23.6 Å². The monoisotopic (exact) mass is 437 g/mol. The molecule has 0 saturated carbocycles. The van der Waals surface area contributed by atoms with Gasteiger partial charge in [-0.25, -0.2) is 14.4 Å². The smallest absolute Gasteiger partial charge is 0.272 e. The van der Waals surface area contributed by atoms with Gasteiger partial charge < -0.3 is 9.88 Å². The summed E-state index contributed by atoms with van der Waals surface area (Å²) in [7, 11) is 0. The number of carbonyl (C=O) groups is 1. The third kappa shape index (κ3) is 4.09. The molecule has 0 fully saturated rings. The van der Waals surface area contributed by atoms with E-state index in [2.05, 4.69) is 15.0 Å². The summed E-state index contributed by atoms with van der Waals surface area (Å²) in [6.07, 6.45) is 3.37. The van der Waals surface area contributed by atoms with E-state index in [0.29, 0.717) is 39.8 Å². The van der Waals surface area contributed by atoms with Crippen molar-refractivity contribution in [1.29, 1.82) is 0 Å². The fourth-order valence-corrected chi connectivity index (χ4v) is 3.89. The molecule has 7 nitrogen and oxygen atoms in total. The third-order valence-electron chi connectivity index (χ3n) is 4.89. The Morgan fingerprint density at radius 1 is 1.19 bits per heavy atom. The number of carbonyl (C=O) groups excluding carboxylic acids is 1. The predicted molar refractivity (Wildman–Crippen MR) is 118 cm³/mol. The second-order valence-corrected chi connectivity index (χ2v) is 7.56. The molecule has 0 spiro atoms. The van der Waals surface area contributed by atoms with Crippen LogP contribution in [0.3, 0.4) is 0 Å². The van der Waals surface area contributed by atoms with Crippen LogP contribution in [0.15, 0.2) is 64.7 Å². The Labute approximate surface area is 182 Å². The van der Waals surface area contributed by atoms with Crippen LogP contribution in [-0.2, 0) is 6.54 Å². The highest BCUT2D eigenvalue weighted by Gasteiger charge is 2.23. The first-order valence-corrected chi connectivity index (χ1v) is 10.9. The minimum Gasteiger partial charge on any atom is -0.330 e. The first-order chi connectivity index (χ1) is 15.0.